The zero-order chi connectivity index (χ0) is 22.2. The lowest BCUT2D eigenvalue weighted by atomic mass is 10.1. The van der Waals surface area contributed by atoms with Crippen molar-refractivity contribution in [2.24, 2.45) is 0 Å². The van der Waals surface area contributed by atoms with E-state index in [1.165, 1.54) is 11.3 Å². The Balaban J connectivity index is 1.76. The molecule has 0 spiro atoms. The van der Waals surface area contributed by atoms with Crippen LogP contribution in [-0.2, 0) is 6.42 Å². The van der Waals surface area contributed by atoms with Gasteiger partial charge in [0.2, 0.25) is 0 Å². The summed E-state index contributed by atoms with van der Waals surface area (Å²) in [6, 6.07) is 9.95. The van der Waals surface area contributed by atoms with Gasteiger partial charge in [-0.3, -0.25) is 4.98 Å². The highest BCUT2D eigenvalue weighted by Gasteiger charge is 2.20. The highest BCUT2D eigenvalue weighted by atomic mass is 32.1. The maximum Gasteiger partial charge on any atom is 0.151 e. The first-order chi connectivity index (χ1) is 14.7. The lowest BCUT2D eigenvalue weighted by Crippen LogP contribution is -2.21. The van der Waals surface area contributed by atoms with Gasteiger partial charge in [-0.25, -0.2) is 4.52 Å². The molecule has 0 saturated heterocycles. The van der Waals surface area contributed by atoms with Crippen molar-refractivity contribution < 1.29 is 5.11 Å². The van der Waals surface area contributed by atoms with E-state index in [4.69, 9.17) is 5.26 Å². The molecule has 4 heterocycles. The number of nitrogens with one attached hydrogen (secondary N) is 1. The van der Waals surface area contributed by atoms with Crippen LogP contribution in [0.15, 0.2) is 36.7 Å². The van der Waals surface area contributed by atoms with Crippen molar-refractivity contribution in [2.45, 2.75) is 45.8 Å². The third kappa shape index (κ3) is 4.55. The average Bonchev–Trinajstić information content (AvgIpc) is 3.32. The highest BCUT2D eigenvalue weighted by Crippen LogP contribution is 2.34. The lowest BCUT2D eigenvalue weighted by Gasteiger charge is -2.15. The molecule has 2 N–H and O–H groups in total. The molecule has 0 atom stereocenters. The quantitative estimate of drug-likeness (QED) is 0.474. The van der Waals surface area contributed by atoms with Crippen LogP contribution in [0, 0.1) is 11.3 Å². The zero-order valence-electron chi connectivity index (χ0n) is 17.8. The Morgan fingerprint density at radius 3 is 2.74 bits per heavy atom. The molecule has 0 unspecified atom stereocenters. The van der Waals surface area contributed by atoms with Crippen molar-refractivity contribution in [2.75, 3.05) is 5.32 Å². The van der Waals surface area contributed by atoms with Crippen molar-refractivity contribution in [3.05, 3.63) is 47.2 Å². The standard InChI is InChI=1S/C22H23N7OS/c1-13(2)26-17-8-18(19-6-5-15-7-14(10-23)11-25-29(15)19)24-12-16(17)21-28-27-20(31-21)9-22(3,4)30/h5-8,11-13,30H,9H2,1-4H3,(H,24,26). The molecule has 0 aliphatic rings. The molecule has 0 radical (unpaired) electrons. The van der Waals surface area contributed by atoms with E-state index < -0.39 is 5.60 Å². The largest absolute Gasteiger partial charge is 0.390 e. The normalized spacial score (nSPS) is 11.8. The summed E-state index contributed by atoms with van der Waals surface area (Å²) in [5.41, 5.74) is 3.85. The van der Waals surface area contributed by atoms with Crippen molar-refractivity contribution in [1.29, 1.82) is 5.26 Å². The van der Waals surface area contributed by atoms with Gasteiger partial charge < -0.3 is 10.4 Å². The van der Waals surface area contributed by atoms with Gasteiger partial charge in [-0.15, -0.1) is 10.2 Å². The zero-order valence-corrected chi connectivity index (χ0v) is 18.6. The Bertz CT molecular complexity index is 1280. The van der Waals surface area contributed by atoms with E-state index in [2.05, 4.69) is 45.5 Å². The van der Waals surface area contributed by atoms with E-state index >= 15 is 0 Å². The fraction of sp³-hybridized carbons (Fsp3) is 0.318. The van der Waals surface area contributed by atoms with Gasteiger partial charge in [-0.05, 0) is 52.0 Å². The third-order valence-corrected chi connectivity index (χ3v) is 5.48. The molecule has 9 heteroatoms. The van der Waals surface area contributed by atoms with E-state index in [1.54, 1.807) is 36.8 Å². The number of rotatable bonds is 6. The van der Waals surface area contributed by atoms with Crippen molar-refractivity contribution in [3.8, 4) is 28.0 Å². The predicted molar refractivity (Wildman–Crippen MR) is 121 cm³/mol. The first kappa shape index (κ1) is 20.9. The summed E-state index contributed by atoms with van der Waals surface area (Å²) >= 11 is 1.45. The maximum absolute atomic E-state index is 10.1. The van der Waals surface area contributed by atoms with E-state index in [0.29, 0.717) is 12.0 Å². The molecule has 158 valence electrons. The molecule has 0 aliphatic carbocycles. The number of pyridine rings is 1. The van der Waals surface area contributed by atoms with E-state index in [-0.39, 0.29) is 6.04 Å². The van der Waals surface area contributed by atoms with Crippen molar-refractivity contribution in [1.82, 2.24) is 24.8 Å². The van der Waals surface area contributed by atoms with E-state index in [9.17, 15) is 5.11 Å². The van der Waals surface area contributed by atoms with Crippen LogP contribution in [0.5, 0.6) is 0 Å². The third-order valence-electron chi connectivity index (χ3n) is 4.52. The second-order valence-electron chi connectivity index (χ2n) is 8.32. The summed E-state index contributed by atoms with van der Waals surface area (Å²) in [7, 11) is 0. The van der Waals surface area contributed by atoms with Crippen LogP contribution in [0.25, 0.3) is 27.5 Å². The van der Waals surface area contributed by atoms with Crippen LogP contribution in [0.1, 0.15) is 38.3 Å². The summed E-state index contributed by atoms with van der Waals surface area (Å²) in [6.07, 6.45) is 3.77. The fourth-order valence-electron chi connectivity index (χ4n) is 3.25. The van der Waals surface area contributed by atoms with Crippen molar-refractivity contribution >= 4 is 22.5 Å². The minimum absolute atomic E-state index is 0.207. The van der Waals surface area contributed by atoms with Crippen LogP contribution in [0.2, 0.25) is 0 Å². The molecule has 4 rings (SSSR count). The summed E-state index contributed by atoms with van der Waals surface area (Å²) in [5.74, 6) is 0. The monoisotopic (exact) mass is 433 g/mol. The van der Waals surface area contributed by atoms with Gasteiger partial charge in [0, 0.05) is 24.3 Å². The number of aliphatic hydroxyl groups is 1. The molecule has 4 aromatic rings. The SMILES string of the molecule is CC(C)Nc1cc(-c2ccc3cc(C#N)cnn23)ncc1-c1nnc(CC(C)(C)O)s1. The van der Waals surface area contributed by atoms with Gasteiger partial charge in [-0.1, -0.05) is 11.3 Å². The smallest absolute Gasteiger partial charge is 0.151 e. The van der Waals surface area contributed by atoms with Gasteiger partial charge in [0.05, 0.1) is 39.8 Å². The van der Waals surface area contributed by atoms with Crippen LogP contribution >= 0.6 is 11.3 Å². The number of hydrogen-bond donors (Lipinski definition) is 2. The fourth-order valence-corrected chi connectivity index (χ4v) is 4.34. The van der Waals surface area contributed by atoms with Crippen LogP contribution in [0.3, 0.4) is 0 Å². The maximum atomic E-state index is 10.1. The molecular weight excluding hydrogens is 410 g/mol. The molecule has 0 saturated carbocycles. The summed E-state index contributed by atoms with van der Waals surface area (Å²) < 4.78 is 1.77. The van der Waals surface area contributed by atoms with Gasteiger partial charge in [0.25, 0.3) is 0 Å². The van der Waals surface area contributed by atoms with Gasteiger partial charge in [-0.2, -0.15) is 10.4 Å². The summed E-state index contributed by atoms with van der Waals surface area (Å²) in [5, 5.41) is 37.1. The molecule has 31 heavy (non-hydrogen) atoms. The Kier molecular flexibility index (Phi) is 5.43. The summed E-state index contributed by atoms with van der Waals surface area (Å²) in [4.78, 5) is 4.67. The average molecular weight is 434 g/mol. The Hall–Kier alpha value is -3.35. The molecule has 0 amide bonds. The van der Waals surface area contributed by atoms with Gasteiger partial charge in [0.1, 0.15) is 11.1 Å². The molecular formula is C22H23N7OS. The van der Waals surface area contributed by atoms with Gasteiger partial charge in [0.15, 0.2) is 5.01 Å². The minimum atomic E-state index is -0.841. The molecule has 0 bridgehead atoms. The van der Waals surface area contributed by atoms with Crippen molar-refractivity contribution in [3.63, 3.8) is 0 Å². The molecule has 0 fully saturated rings. The van der Waals surface area contributed by atoms with Crippen LogP contribution in [0.4, 0.5) is 5.69 Å². The molecule has 8 nitrogen and oxygen atoms in total. The minimum Gasteiger partial charge on any atom is -0.390 e. The lowest BCUT2D eigenvalue weighted by molar-refractivity contribution is 0.0807. The molecule has 0 aliphatic heterocycles. The predicted octanol–water partition coefficient (Wildman–Crippen LogP) is 3.92. The van der Waals surface area contributed by atoms with Crippen LogP contribution < -0.4 is 5.32 Å². The number of nitrogens with zero attached hydrogens (tertiary/aromatic N) is 6. The van der Waals surface area contributed by atoms with Gasteiger partial charge >= 0.3 is 0 Å². The number of nitriles is 1. The number of anilines is 1. The first-order valence-electron chi connectivity index (χ1n) is 9.93. The molecule has 0 aromatic carbocycles. The number of aromatic nitrogens is 5. The van der Waals surface area contributed by atoms with Crippen LogP contribution in [-0.4, -0.2) is 41.5 Å². The second-order valence-corrected chi connectivity index (χ2v) is 9.38. The highest BCUT2D eigenvalue weighted by molar-refractivity contribution is 7.14. The Morgan fingerprint density at radius 1 is 1.23 bits per heavy atom. The second kappa shape index (κ2) is 8.06. The van der Waals surface area contributed by atoms with E-state index in [0.717, 1.165) is 38.2 Å². The number of fused-ring (bicyclic) bond motifs is 1. The Labute approximate surface area is 184 Å². The molecule has 4 aromatic heterocycles. The Morgan fingerprint density at radius 2 is 2.03 bits per heavy atom. The first-order valence-corrected chi connectivity index (χ1v) is 10.7. The van der Waals surface area contributed by atoms with E-state index in [1.807, 2.05) is 18.2 Å². The summed E-state index contributed by atoms with van der Waals surface area (Å²) in [6.45, 7) is 7.65. The number of hydrogen-bond acceptors (Lipinski definition) is 8. The topological polar surface area (TPSA) is 112 Å².